The van der Waals surface area contributed by atoms with Gasteiger partial charge in [-0.3, -0.25) is 4.79 Å². The minimum atomic E-state index is 0.458. The molecule has 0 atom stereocenters. The van der Waals surface area contributed by atoms with Crippen LogP contribution in [0.4, 0.5) is 0 Å². The van der Waals surface area contributed by atoms with Crippen molar-refractivity contribution >= 4 is 6.29 Å². The predicted octanol–water partition coefficient (Wildman–Crippen LogP) is 1.17. The van der Waals surface area contributed by atoms with Gasteiger partial charge in [-0.2, -0.15) is 0 Å². The number of carbonyl (C=O) groups excluding carboxylic acids is 1. The fraction of sp³-hybridized carbons (Fsp3) is 0.545. The molecule has 0 aromatic carbocycles. The zero-order valence-electron chi connectivity index (χ0n) is 9.31. The lowest BCUT2D eigenvalue weighted by molar-refractivity contribution is 0.111. The Balaban J connectivity index is 2.53. The lowest BCUT2D eigenvalue weighted by atomic mass is 10.3. The van der Waals surface area contributed by atoms with Gasteiger partial charge in [0.25, 0.3) is 0 Å². The van der Waals surface area contributed by atoms with Crippen LogP contribution in [-0.2, 0) is 6.42 Å². The van der Waals surface area contributed by atoms with Gasteiger partial charge in [0.15, 0.2) is 6.29 Å². The maximum absolute atomic E-state index is 10.5. The van der Waals surface area contributed by atoms with Gasteiger partial charge in [0.1, 0.15) is 11.5 Å². The first-order valence-electron chi connectivity index (χ1n) is 5.29. The number of nitrogens with zero attached hydrogens (tertiary/aromatic N) is 3. The van der Waals surface area contributed by atoms with Gasteiger partial charge in [-0.1, -0.05) is 13.8 Å². The highest BCUT2D eigenvalue weighted by atomic mass is 16.1. The van der Waals surface area contributed by atoms with Crippen molar-refractivity contribution in [2.45, 2.75) is 20.3 Å². The number of aromatic nitrogens is 2. The molecular formula is C11H17N3O. The quantitative estimate of drug-likeness (QED) is 0.657. The van der Waals surface area contributed by atoms with Crippen LogP contribution in [0, 0.1) is 0 Å². The van der Waals surface area contributed by atoms with Gasteiger partial charge in [-0.05, 0) is 19.2 Å². The van der Waals surface area contributed by atoms with E-state index >= 15 is 0 Å². The summed E-state index contributed by atoms with van der Waals surface area (Å²) in [4.78, 5) is 21.1. The van der Waals surface area contributed by atoms with Crippen molar-refractivity contribution in [3.63, 3.8) is 0 Å². The van der Waals surface area contributed by atoms with Gasteiger partial charge in [-0.15, -0.1) is 0 Å². The monoisotopic (exact) mass is 207 g/mol. The minimum Gasteiger partial charge on any atom is -0.303 e. The van der Waals surface area contributed by atoms with E-state index in [0.717, 1.165) is 38.2 Å². The molecule has 1 rings (SSSR count). The van der Waals surface area contributed by atoms with E-state index in [-0.39, 0.29) is 0 Å². The highest BCUT2D eigenvalue weighted by Gasteiger charge is 2.02. The third kappa shape index (κ3) is 3.75. The van der Waals surface area contributed by atoms with Crippen molar-refractivity contribution in [2.75, 3.05) is 19.6 Å². The van der Waals surface area contributed by atoms with Crippen LogP contribution in [0.5, 0.6) is 0 Å². The molecule has 0 saturated heterocycles. The second kappa shape index (κ2) is 6.24. The first-order chi connectivity index (χ1) is 7.30. The molecule has 0 amide bonds. The Bertz CT molecular complexity index is 310. The average Bonchev–Trinajstić information content (AvgIpc) is 2.31. The first kappa shape index (κ1) is 11.8. The Morgan fingerprint density at radius 1 is 1.40 bits per heavy atom. The van der Waals surface area contributed by atoms with Crippen molar-refractivity contribution in [1.29, 1.82) is 0 Å². The van der Waals surface area contributed by atoms with Crippen LogP contribution in [0.25, 0.3) is 0 Å². The molecule has 1 heterocycles. The van der Waals surface area contributed by atoms with Crippen LogP contribution < -0.4 is 0 Å². The third-order valence-electron chi connectivity index (χ3n) is 2.39. The maximum atomic E-state index is 10.5. The Morgan fingerprint density at radius 2 is 2.13 bits per heavy atom. The molecule has 0 N–H and O–H groups in total. The van der Waals surface area contributed by atoms with Gasteiger partial charge < -0.3 is 4.90 Å². The van der Waals surface area contributed by atoms with E-state index in [1.807, 2.05) is 0 Å². The molecule has 0 bridgehead atoms. The van der Waals surface area contributed by atoms with Gasteiger partial charge >= 0.3 is 0 Å². The Hall–Kier alpha value is -1.29. The molecule has 4 heteroatoms. The van der Waals surface area contributed by atoms with E-state index < -0.39 is 0 Å². The topological polar surface area (TPSA) is 46.1 Å². The normalized spacial score (nSPS) is 10.6. The third-order valence-corrected chi connectivity index (χ3v) is 2.39. The lowest BCUT2D eigenvalue weighted by Gasteiger charge is -2.16. The molecular weight excluding hydrogens is 190 g/mol. The van der Waals surface area contributed by atoms with Gasteiger partial charge in [0, 0.05) is 19.2 Å². The van der Waals surface area contributed by atoms with Crippen LogP contribution in [0.3, 0.4) is 0 Å². The van der Waals surface area contributed by atoms with E-state index in [0.29, 0.717) is 5.69 Å². The van der Waals surface area contributed by atoms with Crippen LogP contribution in [0.2, 0.25) is 0 Å². The SMILES string of the molecule is CCN(CC)CCc1nccc(C=O)n1. The van der Waals surface area contributed by atoms with Crippen molar-refractivity contribution < 1.29 is 4.79 Å². The molecule has 0 radical (unpaired) electrons. The minimum absolute atomic E-state index is 0.458. The molecule has 1 aromatic heterocycles. The van der Waals surface area contributed by atoms with Gasteiger partial charge in [0.05, 0.1) is 0 Å². The van der Waals surface area contributed by atoms with Gasteiger partial charge in [0.2, 0.25) is 0 Å². The number of hydrogen-bond donors (Lipinski definition) is 0. The smallest absolute Gasteiger partial charge is 0.168 e. The molecule has 0 fully saturated rings. The van der Waals surface area contributed by atoms with E-state index in [4.69, 9.17) is 0 Å². The number of aldehydes is 1. The summed E-state index contributed by atoms with van der Waals surface area (Å²) in [5.41, 5.74) is 0.458. The summed E-state index contributed by atoms with van der Waals surface area (Å²) >= 11 is 0. The summed E-state index contributed by atoms with van der Waals surface area (Å²) in [6.07, 6.45) is 3.18. The summed E-state index contributed by atoms with van der Waals surface area (Å²) in [5.74, 6) is 0.742. The molecule has 0 aliphatic rings. The second-order valence-corrected chi connectivity index (χ2v) is 3.29. The standard InChI is InChI=1S/C11H17N3O/c1-3-14(4-2)8-6-11-12-7-5-10(9-15)13-11/h5,7,9H,3-4,6,8H2,1-2H3. The van der Waals surface area contributed by atoms with Crippen LogP contribution >= 0.6 is 0 Å². The Kier molecular flexibility index (Phi) is 4.90. The fourth-order valence-electron chi connectivity index (χ4n) is 1.40. The van der Waals surface area contributed by atoms with Gasteiger partial charge in [-0.25, -0.2) is 9.97 Å². The van der Waals surface area contributed by atoms with E-state index in [1.54, 1.807) is 12.3 Å². The Morgan fingerprint density at radius 3 is 2.73 bits per heavy atom. The highest BCUT2D eigenvalue weighted by Crippen LogP contribution is 1.96. The molecule has 0 saturated carbocycles. The van der Waals surface area contributed by atoms with Crippen LogP contribution in [0.1, 0.15) is 30.2 Å². The summed E-state index contributed by atoms with van der Waals surface area (Å²) in [5, 5.41) is 0. The molecule has 82 valence electrons. The highest BCUT2D eigenvalue weighted by molar-refractivity contribution is 5.71. The van der Waals surface area contributed by atoms with Crippen LogP contribution in [0.15, 0.2) is 12.3 Å². The number of hydrogen-bond acceptors (Lipinski definition) is 4. The van der Waals surface area contributed by atoms with Crippen molar-refractivity contribution in [3.05, 3.63) is 23.8 Å². The van der Waals surface area contributed by atoms with Crippen molar-refractivity contribution in [1.82, 2.24) is 14.9 Å². The van der Waals surface area contributed by atoms with E-state index in [2.05, 4.69) is 28.7 Å². The number of carbonyl (C=O) groups is 1. The molecule has 4 nitrogen and oxygen atoms in total. The summed E-state index contributed by atoms with van der Waals surface area (Å²) in [6, 6.07) is 1.62. The molecule has 0 unspecified atom stereocenters. The summed E-state index contributed by atoms with van der Waals surface area (Å²) < 4.78 is 0. The fourth-order valence-corrected chi connectivity index (χ4v) is 1.40. The zero-order chi connectivity index (χ0) is 11.1. The summed E-state index contributed by atoms with van der Waals surface area (Å²) in [6.45, 7) is 7.27. The Labute approximate surface area is 90.3 Å². The number of likely N-dealkylation sites (N-methyl/N-ethyl adjacent to an activating group) is 1. The van der Waals surface area contributed by atoms with Crippen molar-refractivity contribution in [3.8, 4) is 0 Å². The largest absolute Gasteiger partial charge is 0.303 e. The molecule has 0 aliphatic carbocycles. The zero-order valence-corrected chi connectivity index (χ0v) is 9.31. The molecule has 0 spiro atoms. The molecule has 0 aliphatic heterocycles. The predicted molar refractivity (Wildman–Crippen MR) is 58.9 cm³/mol. The maximum Gasteiger partial charge on any atom is 0.168 e. The second-order valence-electron chi connectivity index (χ2n) is 3.29. The van der Waals surface area contributed by atoms with Crippen molar-refractivity contribution in [2.24, 2.45) is 0 Å². The van der Waals surface area contributed by atoms with Crippen LogP contribution in [-0.4, -0.2) is 40.8 Å². The summed E-state index contributed by atoms with van der Waals surface area (Å²) in [7, 11) is 0. The lowest BCUT2D eigenvalue weighted by Crippen LogP contribution is -2.25. The average molecular weight is 207 g/mol. The molecule has 1 aromatic rings. The molecule has 15 heavy (non-hydrogen) atoms. The first-order valence-corrected chi connectivity index (χ1v) is 5.29. The number of rotatable bonds is 6. The van der Waals surface area contributed by atoms with E-state index in [1.165, 1.54) is 0 Å². The van der Waals surface area contributed by atoms with E-state index in [9.17, 15) is 4.79 Å².